The third-order valence-corrected chi connectivity index (χ3v) is 3.02. The lowest BCUT2D eigenvalue weighted by atomic mass is 10.0. The fourth-order valence-corrected chi connectivity index (χ4v) is 1.90. The first-order valence-corrected chi connectivity index (χ1v) is 6.05. The molecule has 2 rings (SSSR count). The number of hydrogen-bond donors (Lipinski definition) is 0. The maximum atomic E-state index is 12.8. The van der Waals surface area contributed by atoms with Gasteiger partial charge < -0.3 is 4.74 Å². The molecule has 22 heavy (non-hydrogen) atoms. The second-order valence-electron chi connectivity index (χ2n) is 4.52. The molecule has 0 spiro atoms. The van der Waals surface area contributed by atoms with Gasteiger partial charge >= 0.3 is 12.4 Å². The number of benzene rings is 2. The van der Waals surface area contributed by atoms with E-state index < -0.39 is 23.5 Å². The SMILES string of the molecule is COc1cc(-c2ccc(C(F)(F)F)cc2)cc(C(F)(F)F)c1. The summed E-state index contributed by atoms with van der Waals surface area (Å²) in [6.45, 7) is 0. The highest BCUT2D eigenvalue weighted by atomic mass is 19.4. The molecule has 0 aromatic heterocycles. The molecule has 0 N–H and O–H groups in total. The van der Waals surface area contributed by atoms with Gasteiger partial charge in [-0.25, -0.2) is 0 Å². The van der Waals surface area contributed by atoms with Crippen molar-refractivity contribution in [3.63, 3.8) is 0 Å². The van der Waals surface area contributed by atoms with Gasteiger partial charge in [0.2, 0.25) is 0 Å². The summed E-state index contributed by atoms with van der Waals surface area (Å²) < 4.78 is 80.7. The quantitative estimate of drug-likeness (QED) is 0.673. The predicted molar refractivity (Wildman–Crippen MR) is 68.4 cm³/mol. The van der Waals surface area contributed by atoms with Gasteiger partial charge in [0, 0.05) is 0 Å². The summed E-state index contributed by atoms with van der Waals surface area (Å²) in [7, 11) is 1.21. The molecule has 0 bridgehead atoms. The molecule has 118 valence electrons. The minimum Gasteiger partial charge on any atom is -0.497 e. The second kappa shape index (κ2) is 5.55. The van der Waals surface area contributed by atoms with E-state index in [2.05, 4.69) is 0 Å². The Hall–Kier alpha value is -2.18. The molecule has 0 aliphatic rings. The van der Waals surface area contributed by atoms with Crippen molar-refractivity contribution in [2.24, 2.45) is 0 Å². The number of rotatable bonds is 2. The third kappa shape index (κ3) is 3.52. The van der Waals surface area contributed by atoms with Gasteiger partial charge in [-0.1, -0.05) is 12.1 Å². The molecule has 7 heteroatoms. The van der Waals surface area contributed by atoms with Crippen molar-refractivity contribution < 1.29 is 31.1 Å². The van der Waals surface area contributed by atoms with E-state index in [4.69, 9.17) is 4.74 Å². The Morgan fingerprint density at radius 1 is 0.682 bits per heavy atom. The highest BCUT2D eigenvalue weighted by molar-refractivity contribution is 5.66. The Balaban J connectivity index is 2.48. The molecular formula is C15H10F6O. The van der Waals surface area contributed by atoms with Crippen molar-refractivity contribution in [2.75, 3.05) is 7.11 Å². The fraction of sp³-hybridized carbons (Fsp3) is 0.200. The maximum absolute atomic E-state index is 12.8. The molecule has 1 nitrogen and oxygen atoms in total. The van der Waals surface area contributed by atoms with Crippen LogP contribution in [-0.4, -0.2) is 7.11 Å². The summed E-state index contributed by atoms with van der Waals surface area (Å²) in [4.78, 5) is 0. The lowest BCUT2D eigenvalue weighted by Gasteiger charge is -2.12. The van der Waals surface area contributed by atoms with E-state index in [1.165, 1.54) is 13.2 Å². The molecule has 0 atom stereocenters. The van der Waals surface area contributed by atoms with Crippen LogP contribution in [0.4, 0.5) is 26.3 Å². The highest BCUT2D eigenvalue weighted by Gasteiger charge is 2.32. The molecule has 0 heterocycles. The predicted octanol–water partition coefficient (Wildman–Crippen LogP) is 5.40. The minimum absolute atomic E-state index is 0.0234. The Kier molecular flexibility index (Phi) is 4.08. The molecule has 0 aliphatic heterocycles. The van der Waals surface area contributed by atoms with Crippen LogP contribution in [0.2, 0.25) is 0 Å². The van der Waals surface area contributed by atoms with E-state index in [0.717, 1.165) is 36.4 Å². The lowest BCUT2D eigenvalue weighted by molar-refractivity contribution is -0.138. The minimum atomic E-state index is -4.57. The smallest absolute Gasteiger partial charge is 0.416 e. The Labute approximate surface area is 122 Å². The average Bonchev–Trinajstić information content (AvgIpc) is 2.45. The van der Waals surface area contributed by atoms with E-state index in [0.29, 0.717) is 0 Å². The summed E-state index contributed by atoms with van der Waals surface area (Å²) >= 11 is 0. The van der Waals surface area contributed by atoms with Crippen LogP contribution in [0.15, 0.2) is 42.5 Å². The molecule has 0 radical (unpaired) electrons. The van der Waals surface area contributed by atoms with E-state index in [1.807, 2.05) is 0 Å². The van der Waals surface area contributed by atoms with Gasteiger partial charge in [-0.2, -0.15) is 26.3 Å². The van der Waals surface area contributed by atoms with Gasteiger partial charge in [0.1, 0.15) is 5.75 Å². The first kappa shape index (κ1) is 16.2. The summed E-state index contributed by atoms with van der Waals surface area (Å²) in [5, 5.41) is 0. The molecule has 0 aliphatic carbocycles. The number of halogens is 6. The number of methoxy groups -OCH3 is 1. The molecule has 0 amide bonds. The molecule has 0 unspecified atom stereocenters. The van der Waals surface area contributed by atoms with Crippen molar-refractivity contribution in [1.82, 2.24) is 0 Å². The van der Waals surface area contributed by atoms with Crippen LogP contribution < -0.4 is 4.74 Å². The standard InChI is InChI=1S/C15H10F6O/c1-22-13-7-10(6-12(8-13)15(19,20)21)9-2-4-11(5-3-9)14(16,17)18/h2-8H,1H3. The lowest BCUT2D eigenvalue weighted by Crippen LogP contribution is -2.06. The molecule has 2 aromatic carbocycles. The Morgan fingerprint density at radius 3 is 1.68 bits per heavy atom. The average molecular weight is 320 g/mol. The van der Waals surface area contributed by atoms with Gasteiger partial charge in [0.25, 0.3) is 0 Å². The molecule has 0 fully saturated rings. The zero-order valence-corrected chi connectivity index (χ0v) is 11.2. The Morgan fingerprint density at radius 2 is 1.23 bits per heavy atom. The summed E-state index contributed by atoms with van der Waals surface area (Å²) in [5.74, 6) is -0.0234. The van der Waals surface area contributed by atoms with Crippen molar-refractivity contribution >= 4 is 0 Å². The largest absolute Gasteiger partial charge is 0.497 e. The monoisotopic (exact) mass is 320 g/mol. The van der Waals surface area contributed by atoms with E-state index in [-0.39, 0.29) is 16.9 Å². The molecule has 2 aromatic rings. The van der Waals surface area contributed by atoms with Gasteiger partial charge in [-0.05, 0) is 41.5 Å². The van der Waals surface area contributed by atoms with Crippen molar-refractivity contribution in [3.05, 3.63) is 53.6 Å². The van der Waals surface area contributed by atoms with Crippen molar-refractivity contribution in [3.8, 4) is 16.9 Å². The molecule has 0 saturated heterocycles. The number of alkyl halides is 6. The summed E-state index contributed by atoms with van der Waals surface area (Å²) in [6.07, 6.45) is -9.07. The second-order valence-corrected chi connectivity index (χ2v) is 4.52. The van der Waals surface area contributed by atoms with Crippen LogP contribution in [0.25, 0.3) is 11.1 Å². The number of ether oxygens (including phenoxy) is 1. The van der Waals surface area contributed by atoms with E-state index in [1.54, 1.807) is 0 Å². The van der Waals surface area contributed by atoms with Gasteiger partial charge in [-0.3, -0.25) is 0 Å². The van der Waals surface area contributed by atoms with Crippen LogP contribution >= 0.6 is 0 Å². The topological polar surface area (TPSA) is 9.23 Å². The van der Waals surface area contributed by atoms with Gasteiger partial charge in [0.05, 0.1) is 18.2 Å². The van der Waals surface area contributed by atoms with Gasteiger partial charge in [0.15, 0.2) is 0 Å². The Bertz CT molecular complexity index is 655. The summed E-state index contributed by atoms with van der Waals surface area (Å²) in [5.41, 5.74) is -1.44. The van der Waals surface area contributed by atoms with Crippen molar-refractivity contribution in [2.45, 2.75) is 12.4 Å². The maximum Gasteiger partial charge on any atom is 0.416 e. The van der Waals surface area contributed by atoms with Crippen LogP contribution in [-0.2, 0) is 12.4 Å². The molecule has 0 saturated carbocycles. The normalized spacial score (nSPS) is 12.3. The van der Waals surface area contributed by atoms with Crippen LogP contribution in [0.5, 0.6) is 5.75 Å². The van der Waals surface area contributed by atoms with Crippen LogP contribution in [0, 0.1) is 0 Å². The highest BCUT2D eigenvalue weighted by Crippen LogP contribution is 2.36. The van der Waals surface area contributed by atoms with E-state index >= 15 is 0 Å². The van der Waals surface area contributed by atoms with Crippen LogP contribution in [0.1, 0.15) is 11.1 Å². The first-order valence-electron chi connectivity index (χ1n) is 6.05. The summed E-state index contributed by atoms with van der Waals surface area (Å²) in [6, 6.07) is 6.91. The third-order valence-electron chi connectivity index (χ3n) is 3.02. The van der Waals surface area contributed by atoms with E-state index in [9.17, 15) is 26.3 Å². The first-order chi connectivity index (χ1) is 10.1. The van der Waals surface area contributed by atoms with Crippen LogP contribution in [0.3, 0.4) is 0 Å². The zero-order chi connectivity index (χ0) is 16.5. The zero-order valence-electron chi connectivity index (χ0n) is 11.2. The number of hydrogen-bond acceptors (Lipinski definition) is 1. The molecular weight excluding hydrogens is 310 g/mol. The fourth-order valence-electron chi connectivity index (χ4n) is 1.90. The van der Waals surface area contributed by atoms with Gasteiger partial charge in [-0.15, -0.1) is 0 Å². The van der Waals surface area contributed by atoms with Crippen molar-refractivity contribution in [1.29, 1.82) is 0 Å².